The smallest absolute Gasteiger partial charge is 0.252 e. The fourth-order valence-electron chi connectivity index (χ4n) is 3.17. The second-order valence-corrected chi connectivity index (χ2v) is 7.65. The number of nitrogens with zero attached hydrogens (tertiary/aromatic N) is 3. The van der Waals surface area contributed by atoms with Gasteiger partial charge in [-0.15, -0.1) is 0 Å². The maximum absolute atomic E-state index is 13.0. The van der Waals surface area contributed by atoms with Gasteiger partial charge in [0, 0.05) is 19.3 Å². The number of hydrogen-bond donors (Lipinski definition) is 1. The van der Waals surface area contributed by atoms with Crippen LogP contribution in [0.1, 0.15) is 60.9 Å². The first-order chi connectivity index (χ1) is 13.3. The van der Waals surface area contributed by atoms with E-state index in [4.69, 9.17) is 9.72 Å². The third kappa shape index (κ3) is 4.16. The summed E-state index contributed by atoms with van der Waals surface area (Å²) >= 11 is 0. The molecule has 0 aliphatic rings. The van der Waals surface area contributed by atoms with Gasteiger partial charge in [0.25, 0.3) is 5.91 Å². The Morgan fingerprint density at radius 2 is 1.86 bits per heavy atom. The van der Waals surface area contributed by atoms with E-state index < -0.39 is 0 Å². The van der Waals surface area contributed by atoms with Crippen molar-refractivity contribution in [3.05, 3.63) is 52.8 Å². The SMILES string of the molecule is Cc1nn(C)c2nc(C(C)C)cc(C(=O)NCc3ccc(OC(C)C)cc3)c12. The summed E-state index contributed by atoms with van der Waals surface area (Å²) in [6.45, 7) is 10.5. The summed E-state index contributed by atoms with van der Waals surface area (Å²) in [4.78, 5) is 17.7. The van der Waals surface area contributed by atoms with Crippen molar-refractivity contribution in [2.75, 3.05) is 0 Å². The maximum atomic E-state index is 13.0. The number of amides is 1. The molecule has 0 saturated heterocycles. The van der Waals surface area contributed by atoms with Crippen LogP contribution in [-0.4, -0.2) is 26.8 Å². The van der Waals surface area contributed by atoms with E-state index in [-0.39, 0.29) is 17.9 Å². The zero-order chi connectivity index (χ0) is 20.4. The van der Waals surface area contributed by atoms with Crippen molar-refractivity contribution in [1.82, 2.24) is 20.1 Å². The lowest BCUT2D eigenvalue weighted by atomic mass is 10.0. The van der Waals surface area contributed by atoms with E-state index in [9.17, 15) is 4.79 Å². The standard InChI is InChI=1S/C22H28N4O2/c1-13(2)19-11-18(20-15(5)25-26(6)21(20)24-19)22(27)23-12-16-7-9-17(10-8-16)28-14(3)4/h7-11,13-14H,12H2,1-6H3,(H,23,27). The third-order valence-corrected chi connectivity index (χ3v) is 4.57. The normalized spacial score (nSPS) is 11.4. The number of nitrogens with one attached hydrogen (secondary N) is 1. The number of carbonyl (C=O) groups excluding carboxylic acids is 1. The Balaban J connectivity index is 1.83. The van der Waals surface area contributed by atoms with Gasteiger partial charge in [-0.2, -0.15) is 5.10 Å². The molecule has 0 radical (unpaired) electrons. The molecule has 3 rings (SSSR count). The summed E-state index contributed by atoms with van der Waals surface area (Å²) in [7, 11) is 1.86. The molecule has 1 amide bonds. The molecular weight excluding hydrogens is 352 g/mol. The molecular formula is C22H28N4O2. The Kier molecular flexibility index (Phi) is 5.68. The van der Waals surface area contributed by atoms with Crippen molar-refractivity contribution < 1.29 is 9.53 Å². The van der Waals surface area contributed by atoms with Crippen LogP contribution in [0.4, 0.5) is 0 Å². The van der Waals surface area contributed by atoms with Crippen molar-refractivity contribution in [3.63, 3.8) is 0 Å². The van der Waals surface area contributed by atoms with Crippen molar-refractivity contribution in [2.24, 2.45) is 7.05 Å². The molecule has 148 valence electrons. The van der Waals surface area contributed by atoms with Crippen LogP contribution in [0.3, 0.4) is 0 Å². The first kappa shape index (κ1) is 19.9. The number of pyridine rings is 1. The van der Waals surface area contributed by atoms with Crippen molar-refractivity contribution in [1.29, 1.82) is 0 Å². The minimum absolute atomic E-state index is 0.118. The number of benzene rings is 1. The average Bonchev–Trinajstić information content (AvgIpc) is 2.93. The molecule has 0 saturated carbocycles. The molecule has 0 aliphatic carbocycles. The molecule has 3 aromatic rings. The summed E-state index contributed by atoms with van der Waals surface area (Å²) in [6.07, 6.45) is 0.137. The quantitative estimate of drug-likeness (QED) is 0.698. The Bertz CT molecular complexity index is 988. The molecule has 0 aliphatic heterocycles. The van der Waals surface area contributed by atoms with Gasteiger partial charge in [-0.3, -0.25) is 9.48 Å². The van der Waals surface area contributed by atoms with Gasteiger partial charge in [-0.05, 0) is 50.5 Å². The van der Waals surface area contributed by atoms with E-state index >= 15 is 0 Å². The van der Waals surface area contributed by atoms with E-state index in [0.717, 1.165) is 33.7 Å². The van der Waals surface area contributed by atoms with Crippen LogP contribution in [0, 0.1) is 6.92 Å². The van der Waals surface area contributed by atoms with Gasteiger partial charge < -0.3 is 10.1 Å². The van der Waals surface area contributed by atoms with Crippen LogP contribution in [0.2, 0.25) is 0 Å². The maximum Gasteiger partial charge on any atom is 0.252 e. The first-order valence-electron chi connectivity index (χ1n) is 9.64. The van der Waals surface area contributed by atoms with Gasteiger partial charge in [0.2, 0.25) is 0 Å². The lowest BCUT2D eigenvalue weighted by molar-refractivity contribution is 0.0952. The van der Waals surface area contributed by atoms with Gasteiger partial charge >= 0.3 is 0 Å². The third-order valence-electron chi connectivity index (χ3n) is 4.57. The zero-order valence-electron chi connectivity index (χ0n) is 17.4. The minimum atomic E-state index is -0.118. The number of rotatable bonds is 6. The highest BCUT2D eigenvalue weighted by Crippen LogP contribution is 2.25. The number of fused-ring (bicyclic) bond motifs is 1. The summed E-state index contributed by atoms with van der Waals surface area (Å²) < 4.78 is 7.40. The Labute approximate surface area is 165 Å². The fraction of sp³-hybridized carbons (Fsp3) is 0.409. The van der Waals surface area contributed by atoms with E-state index in [0.29, 0.717) is 12.1 Å². The lowest BCUT2D eigenvalue weighted by Crippen LogP contribution is -2.23. The average molecular weight is 380 g/mol. The monoisotopic (exact) mass is 380 g/mol. The predicted molar refractivity (Wildman–Crippen MR) is 111 cm³/mol. The number of aromatic nitrogens is 3. The van der Waals surface area contributed by atoms with Crippen molar-refractivity contribution >= 4 is 16.9 Å². The van der Waals surface area contributed by atoms with Gasteiger partial charge in [-0.25, -0.2) is 4.98 Å². The van der Waals surface area contributed by atoms with E-state index in [1.54, 1.807) is 4.68 Å². The van der Waals surface area contributed by atoms with Gasteiger partial charge in [0.15, 0.2) is 5.65 Å². The molecule has 0 fully saturated rings. The highest BCUT2D eigenvalue weighted by Gasteiger charge is 2.19. The van der Waals surface area contributed by atoms with Crippen LogP contribution < -0.4 is 10.1 Å². The summed E-state index contributed by atoms with van der Waals surface area (Å²) in [5.74, 6) is 0.932. The van der Waals surface area contributed by atoms with Crippen LogP contribution in [-0.2, 0) is 13.6 Å². The number of hydrogen-bond acceptors (Lipinski definition) is 4. The molecule has 2 aromatic heterocycles. The summed E-state index contributed by atoms with van der Waals surface area (Å²) in [6, 6.07) is 9.67. The molecule has 1 N–H and O–H groups in total. The number of aryl methyl sites for hydroxylation is 2. The van der Waals surface area contributed by atoms with Crippen LogP contribution >= 0.6 is 0 Å². The lowest BCUT2D eigenvalue weighted by Gasteiger charge is -2.12. The van der Waals surface area contributed by atoms with Crippen LogP contribution in [0.15, 0.2) is 30.3 Å². The molecule has 1 aromatic carbocycles. The van der Waals surface area contributed by atoms with Crippen LogP contribution in [0.5, 0.6) is 5.75 Å². The van der Waals surface area contributed by atoms with Gasteiger partial charge in [-0.1, -0.05) is 26.0 Å². The molecule has 2 heterocycles. The Morgan fingerprint density at radius 1 is 1.18 bits per heavy atom. The second kappa shape index (κ2) is 8.00. The first-order valence-corrected chi connectivity index (χ1v) is 9.64. The largest absolute Gasteiger partial charge is 0.491 e. The van der Waals surface area contributed by atoms with E-state index in [1.165, 1.54) is 0 Å². The van der Waals surface area contributed by atoms with E-state index in [1.807, 2.05) is 58.2 Å². The molecule has 6 nitrogen and oxygen atoms in total. The topological polar surface area (TPSA) is 69.0 Å². The molecule has 6 heteroatoms. The zero-order valence-corrected chi connectivity index (χ0v) is 17.4. The minimum Gasteiger partial charge on any atom is -0.491 e. The Hall–Kier alpha value is -2.89. The number of carbonyl (C=O) groups is 1. The highest BCUT2D eigenvalue weighted by molar-refractivity contribution is 6.06. The summed E-state index contributed by atoms with van der Waals surface area (Å²) in [5.41, 5.74) is 4.07. The van der Waals surface area contributed by atoms with Gasteiger partial charge in [0.05, 0.1) is 22.7 Å². The molecule has 28 heavy (non-hydrogen) atoms. The van der Waals surface area contributed by atoms with Gasteiger partial charge in [0.1, 0.15) is 5.75 Å². The Morgan fingerprint density at radius 3 is 2.46 bits per heavy atom. The van der Waals surface area contributed by atoms with E-state index in [2.05, 4.69) is 24.3 Å². The second-order valence-electron chi connectivity index (χ2n) is 7.65. The van der Waals surface area contributed by atoms with Crippen molar-refractivity contribution in [3.8, 4) is 5.75 Å². The fourth-order valence-corrected chi connectivity index (χ4v) is 3.17. The molecule has 0 spiro atoms. The predicted octanol–water partition coefficient (Wildman–Crippen LogP) is 4.12. The van der Waals surface area contributed by atoms with Crippen molar-refractivity contribution in [2.45, 2.75) is 53.2 Å². The molecule has 0 bridgehead atoms. The van der Waals surface area contributed by atoms with Crippen LogP contribution in [0.25, 0.3) is 11.0 Å². The summed E-state index contributed by atoms with van der Waals surface area (Å²) in [5, 5.41) is 8.28. The molecule has 0 unspecified atom stereocenters. The number of ether oxygens (including phenoxy) is 1. The molecule has 0 atom stereocenters. The highest BCUT2D eigenvalue weighted by atomic mass is 16.5.